The van der Waals surface area contributed by atoms with Crippen molar-refractivity contribution < 1.29 is 9.47 Å². The maximum atomic E-state index is 5.79. The Morgan fingerprint density at radius 2 is 2.00 bits per heavy atom. The van der Waals surface area contributed by atoms with Crippen LogP contribution in [0.5, 0.6) is 5.75 Å². The van der Waals surface area contributed by atoms with Gasteiger partial charge in [0.05, 0.1) is 43.5 Å². The molecule has 0 atom stereocenters. The normalized spacial score (nSPS) is 16.8. The van der Waals surface area contributed by atoms with E-state index >= 15 is 0 Å². The van der Waals surface area contributed by atoms with E-state index in [1.165, 1.54) is 0 Å². The van der Waals surface area contributed by atoms with Gasteiger partial charge in [-0.25, -0.2) is 4.98 Å². The summed E-state index contributed by atoms with van der Waals surface area (Å²) in [6, 6.07) is 6.16. The van der Waals surface area contributed by atoms with E-state index < -0.39 is 0 Å². The second-order valence-corrected chi connectivity index (χ2v) is 6.50. The number of anilines is 1. The van der Waals surface area contributed by atoms with Crippen LogP contribution < -0.4 is 9.64 Å². The van der Waals surface area contributed by atoms with Gasteiger partial charge in [-0.15, -0.1) is 0 Å². The fraction of sp³-hybridized carbons (Fsp3) is 0.421. The number of fused-ring (bicyclic) bond motifs is 1. The van der Waals surface area contributed by atoms with Gasteiger partial charge in [-0.3, -0.25) is 9.98 Å². The van der Waals surface area contributed by atoms with Crippen LogP contribution in [0, 0.1) is 0 Å². The summed E-state index contributed by atoms with van der Waals surface area (Å²) in [5.41, 5.74) is 4.08. The summed E-state index contributed by atoms with van der Waals surface area (Å²) >= 11 is 0. The smallest absolute Gasteiger partial charge is 0.138 e. The molecule has 0 spiro atoms. The average molecular weight is 338 g/mol. The van der Waals surface area contributed by atoms with Gasteiger partial charge in [-0.05, 0) is 32.0 Å². The molecule has 0 N–H and O–H groups in total. The molecule has 1 fully saturated rings. The molecule has 0 unspecified atom stereocenters. The first kappa shape index (κ1) is 16.0. The predicted octanol–water partition coefficient (Wildman–Crippen LogP) is 2.45. The molecule has 0 radical (unpaired) electrons. The quantitative estimate of drug-likeness (QED) is 0.857. The molecule has 0 bridgehead atoms. The fourth-order valence-corrected chi connectivity index (χ4v) is 3.16. The predicted molar refractivity (Wildman–Crippen MR) is 96.6 cm³/mol. The first-order chi connectivity index (χ1) is 12.2. The zero-order valence-electron chi connectivity index (χ0n) is 14.6. The third kappa shape index (κ3) is 3.35. The topological polar surface area (TPSA) is 59.8 Å². The molecule has 130 valence electrons. The van der Waals surface area contributed by atoms with E-state index in [1.54, 1.807) is 6.20 Å². The van der Waals surface area contributed by atoms with Gasteiger partial charge in [0, 0.05) is 30.4 Å². The second-order valence-electron chi connectivity index (χ2n) is 6.50. The van der Waals surface area contributed by atoms with Crippen LogP contribution in [-0.2, 0) is 11.3 Å². The van der Waals surface area contributed by atoms with Gasteiger partial charge in [0.25, 0.3) is 0 Å². The van der Waals surface area contributed by atoms with E-state index in [2.05, 4.69) is 20.9 Å². The Kier molecular flexibility index (Phi) is 4.36. The van der Waals surface area contributed by atoms with Gasteiger partial charge < -0.3 is 14.4 Å². The van der Waals surface area contributed by atoms with Crippen LogP contribution >= 0.6 is 0 Å². The highest BCUT2D eigenvalue weighted by Crippen LogP contribution is 2.27. The number of aliphatic imine (C=N–C) groups is 1. The first-order valence-corrected chi connectivity index (χ1v) is 8.70. The number of morpholine rings is 1. The Labute approximate surface area is 147 Å². The molecule has 1 saturated heterocycles. The summed E-state index contributed by atoms with van der Waals surface area (Å²) in [6.45, 7) is 7.87. The lowest BCUT2D eigenvalue weighted by atomic mass is 10.0. The number of ether oxygens (including phenoxy) is 2. The number of aromatic nitrogens is 2. The van der Waals surface area contributed by atoms with Crippen molar-refractivity contribution in [1.29, 1.82) is 0 Å². The Hall–Kier alpha value is -2.47. The van der Waals surface area contributed by atoms with E-state index in [4.69, 9.17) is 14.5 Å². The van der Waals surface area contributed by atoms with Crippen molar-refractivity contribution in [2.45, 2.75) is 26.5 Å². The molecule has 2 aromatic heterocycles. The van der Waals surface area contributed by atoms with Crippen LogP contribution in [-0.4, -0.2) is 48.1 Å². The average Bonchev–Trinajstić information content (AvgIpc) is 3.05. The third-order valence-corrected chi connectivity index (χ3v) is 4.31. The molecule has 25 heavy (non-hydrogen) atoms. The molecule has 2 aliphatic rings. The van der Waals surface area contributed by atoms with Gasteiger partial charge in [-0.1, -0.05) is 0 Å². The Bertz CT molecular complexity index is 798. The number of pyridine rings is 2. The number of rotatable bonds is 4. The van der Waals surface area contributed by atoms with Crippen LogP contribution in [0.15, 0.2) is 35.6 Å². The summed E-state index contributed by atoms with van der Waals surface area (Å²) in [4.78, 5) is 16.0. The molecule has 0 amide bonds. The highest BCUT2D eigenvalue weighted by Gasteiger charge is 2.21. The third-order valence-electron chi connectivity index (χ3n) is 4.31. The van der Waals surface area contributed by atoms with Gasteiger partial charge in [0.2, 0.25) is 0 Å². The van der Waals surface area contributed by atoms with Gasteiger partial charge in [0.15, 0.2) is 0 Å². The van der Waals surface area contributed by atoms with Crippen molar-refractivity contribution in [2.75, 3.05) is 31.2 Å². The molecule has 0 saturated carbocycles. The molecular formula is C19H22N4O2. The molecule has 4 rings (SSSR count). The van der Waals surface area contributed by atoms with E-state index in [9.17, 15) is 0 Å². The number of hydrogen-bond acceptors (Lipinski definition) is 6. The minimum atomic E-state index is 0.121. The Morgan fingerprint density at radius 1 is 1.16 bits per heavy atom. The molecule has 4 heterocycles. The van der Waals surface area contributed by atoms with Gasteiger partial charge in [-0.2, -0.15) is 0 Å². The van der Waals surface area contributed by atoms with E-state index in [0.717, 1.165) is 60.4 Å². The van der Waals surface area contributed by atoms with E-state index in [1.807, 2.05) is 32.2 Å². The number of nitrogens with zero attached hydrogens (tertiary/aromatic N) is 4. The lowest BCUT2D eigenvalue weighted by Crippen LogP contribution is -2.36. The molecule has 6 nitrogen and oxygen atoms in total. The zero-order chi connectivity index (χ0) is 17.2. The summed E-state index contributed by atoms with van der Waals surface area (Å²) in [7, 11) is 0. The lowest BCUT2D eigenvalue weighted by molar-refractivity contribution is 0.122. The number of hydrogen-bond donors (Lipinski definition) is 0. The van der Waals surface area contributed by atoms with Crippen molar-refractivity contribution in [3.05, 3.63) is 47.4 Å². The summed E-state index contributed by atoms with van der Waals surface area (Å²) in [6.07, 6.45) is 3.75. The fourth-order valence-electron chi connectivity index (χ4n) is 3.16. The summed E-state index contributed by atoms with van der Waals surface area (Å²) in [5.74, 6) is 1.75. The second kappa shape index (κ2) is 6.80. The van der Waals surface area contributed by atoms with Crippen molar-refractivity contribution in [3.63, 3.8) is 0 Å². The zero-order valence-corrected chi connectivity index (χ0v) is 14.6. The van der Waals surface area contributed by atoms with Crippen molar-refractivity contribution in [3.8, 4) is 5.75 Å². The van der Waals surface area contributed by atoms with Crippen LogP contribution in [0.25, 0.3) is 0 Å². The standard InChI is InChI=1S/C19H22N4O2/c1-13(2)25-15-10-16-17(21-11-15)12-22-19(16)14-3-4-20-18(9-14)23-5-7-24-8-6-23/h3-4,9-11,13H,5-8,12H2,1-2H3. The van der Waals surface area contributed by atoms with Crippen molar-refractivity contribution in [1.82, 2.24) is 9.97 Å². The van der Waals surface area contributed by atoms with Crippen LogP contribution in [0.3, 0.4) is 0 Å². The Balaban J connectivity index is 1.64. The van der Waals surface area contributed by atoms with Crippen LogP contribution in [0.2, 0.25) is 0 Å². The summed E-state index contributed by atoms with van der Waals surface area (Å²) in [5, 5.41) is 0. The van der Waals surface area contributed by atoms with Crippen molar-refractivity contribution >= 4 is 11.5 Å². The highest BCUT2D eigenvalue weighted by molar-refractivity contribution is 6.15. The minimum absolute atomic E-state index is 0.121. The van der Waals surface area contributed by atoms with Gasteiger partial charge in [0.1, 0.15) is 11.6 Å². The molecular weight excluding hydrogens is 316 g/mol. The SMILES string of the molecule is CC(C)Oc1cnc2c(c1)C(c1ccnc(N3CCOCC3)c1)=NC2. The lowest BCUT2D eigenvalue weighted by Gasteiger charge is -2.28. The van der Waals surface area contributed by atoms with Crippen LogP contribution in [0.1, 0.15) is 30.7 Å². The van der Waals surface area contributed by atoms with Gasteiger partial charge >= 0.3 is 0 Å². The molecule has 2 aromatic rings. The monoisotopic (exact) mass is 338 g/mol. The van der Waals surface area contributed by atoms with Crippen molar-refractivity contribution in [2.24, 2.45) is 4.99 Å². The molecule has 6 heteroatoms. The maximum Gasteiger partial charge on any atom is 0.138 e. The summed E-state index contributed by atoms with van der Waals surface area (Å²) < 4.78 is 11.2. The molecule has 2 aliphatic heterocycles. The highest BCUT2D eigenvalue weighted by atomic mass is 16.5. The van der Waals surface area contributed by atoms with E-state index in [-0.39, 0.29) is 6.10 Å². The largest absolute Gasteiger partial charge is 0.489 e. The first-order valence-electron chi connectivity index (χ1n) is 8.70. The van der Waals surface area contributed by atoms with E-state index in [0.29, 0.717) is 6.54 Å². The Morgan fingerprint density at radius 3 is 2.80 bits per heavy atom. The molecule has 0 aromatic carbocycles. The van der Waals surface area contributed by atoms with Crippen LogP contribution in [0.4, 0.5) is 5.82 Å². The molecule has 0 aliphatic carbocycles. The minimum Gasteiger partial charge on any atom is -0.489 e. The maximum absolute atomic E-state index is 5.79.